The van der Waals surface area contributed by atoms with Crippen molar-refractivity contribution in [2.75, 3.05) is 31.7 Å². The predicted molar refractivity (Wildman–Crippen MR) is 162 cm³/mol. The van der Waals surface area contributed by atoms with E-state index in [4.69, 9.17) is 9.47 Å². The van der Waals surface area contributed by atoms with E-state index in [9.17, 15) is 24.0 Å². The number of nitrogens with zero attached hydrogens (tertiary/aromatic N) is 3. The molecule has 0 bridgehead atoms. The summed E-state index contributed by atoms with van der Waals surface area (Å²) in [5, 5.41) is -0.289. The van der Waals surface area contributed by atoms with Gasteiger partial charge < -0.3 is 14.4 Å². The van der Waals surface area contributed by atoms with Crippen molar-refractivity contribution in [3.63, 3.8) is 0 Å². The van der Waals surface area contributed by atoms with Crippen LogP contribution in [0.4, 0.5) is 5.69 Å². The lowest BCUT2D eigenvalue weighted by atomic mass is 9.82. The van der Waals surface area contributed by atoms with E-state index in [1.807, 2.05) is 18.2 Å². The second kappa shape index (κ2) is 12.0. The molecule has 0 radical (unpaired) electrons. The number of benzene rings is 2. The van der Waals surface area contributed by atoms with E-state index >= 15 is 0 Å². The van der Waals surface area contributed by atoms with Crippen LogP contribution in [0.3, 0.4) is 0 Å². The van der Waals surface area contributed by atoms with Crippen molar-refractivity contribution in [3.05, 3.63) is 74.2 Å². The normalized spacial score (nSPS) is 21.4. The number of esters is 1. The molecule has 3 aromatic rings. The molecular formula is C31H31N3O7S2. The van der Waals surface area contributed by atoms with Crippen molar-refractivity contribution in [2.24, 2.45) is 5.92 Å². The molecule has 2 saturated heterocycles. The number of aromatic nitrogens is 1. The van der Waals surface area contributed by atoms with Gasteiger partial charge in [-0.05, 0) is 56.5 Å². The van der Waals surface area contributed by atoms with Gasteiger partial charge in [0.05, 0.1) is 35.9 Å². The molecule has 0 aliphatic carbocycles. The summed E-state index contributed by atoms with van der Waals surface area (Å²) in [5.41, 5.74) is 1.35. The third kappa shape index (κ3) is 5.16. The van der Waals surface area contributed by atoms with Crippen molar-refractivity contribution in [3.8, 4) is 5.75 Å². The maximum absolute atomic E-state index is 14.2. The Morgan fingerprint density at radius 2 is 1.67 bits per heavy atom. The standard InChI is InChI=1S/C31H31N3O7S2/c1-3-41-30(38)18-11-13-19(14-12-18)34-27(36)24-23(20-9-5-6-10-21(20)40-2)26-29(42-25(24)28(34)37)33(31(39)43-26)17-22(35)32-15-7-4-8-16-32/h5-6,9-14,23-25H,3-4,7-8,15-17H2,1-2H3. The third-order valence-electron chi connectivity index (χ3n) is 8.16. The summed E-state index contributed by atoms with van der Waals surface area (Å²) < 4.78 is 12.2. The van der Waals surface area contributed by atoms with Crippen molar-refractivity contribution in [1.82, 2.24) is 9.47 Å². The van der Waals surface area contributed by atoms with Crippen LogP contribution >= 0.6 is 23.1 Å². The van der Waals surface area contributed by atoms with Gasteiger partial charge in [0.1, 0.15) is 17.5 Å². The Kier molecular flexibility index (Phi) is 8.15. The first-order valence-corrected chi connectivity index (χ1v) is 16.0. The number of carbonyl (C=O) groups excluding carboxylic acids is 4. The number of hydrogen-bond acceptors (Lipinski definition) is 9. The highest BCUT2D eigenvalue weighted by Gasteiger charge is 2.57. The number of imide groups is 1. The van der Waals surface area contributed by atoms with Crippen molar-refractivity contribution >= 4 is 52.5 Å². The number of thiazole rings is 1. The number of carbonyl (C=O) groups is 4. The van der Waals surface area contributed by atoms with Gasteiger partial charge in [-0.1, -0.05) is 41.3 Å². The van der Waals surface area contributed by atoms with Crippen LogP contribution in [0.2, 0.25) is 0 Å². The van der Waals surface area contributed by atoms with Crippen LogP contribution in [0.15, 0.2) is 58.4 Å². The highest BCUT2D eigenvalue weighted by Crippen LogP contribution is 2.55. The lowest BCUT2D eigenvalue weighted by Gasteiger charge is -2.32. The monoisotopic (exact) mass is 621 g/mol. The van der Waals surface area contributed by atoms with Crippen LogP contribution in [0.1, 0.15) is 52.9 Å². The number of ether oxygens (including phenoxy) is 2. The Morgan fingerprint density at radius 1 is 0.953 bits per heavy atom. The molecule has 43 heavy (non-hydrogen) atoms. The Bertz CT molecular complexity index is 1640. The number of rotatable bonds is 7. The molecule has 3 aliphatic heterocycles. The molecule has 3 unspecified atom stereocenters. The second-order valence-electron chi connectivity index (χ2n) is 10.6. The van der Waals surface area contributed by atoms with Gasteiger partial charge in [-0.2, -0.15) is 0 Å². The summed E-state index contributed by atoms with van der Waals surface area (Å²) >= 11 is 2.19. The quantitative estimate of drug-likeness (QED) is 0.288. The molecular weight excluding hydrogens is 590 g/mol. The van der Waals surface area contributed by atoms with Crippen LogP contribution in [0, 0.1) is 5.92 Å². The maximum Gasteiger partial charge on any atom is 0.338 e. The maximum atomic E-state index is 14.2. The number of anilines is 1. The Hall–Kier alpha value is -3.90. The van der Waals surface area contributed by atoms with E-state index in [2.05, 4.69) is 0 Å². The fraction of sp³-hybridized carbons (Fsp3) is 0.387. The molecule has 12 heteroatoms. The third-order valence-corrected chi connectivity index (χ3v) is 10.8. The molecule has 3 aliphatic rings. The lowest BCUT2D eigenvalue weighted by Crippen LogP contribution is -2.39. The van der Waals surface area contributed by atoms with Gasteiger partial charge in [0.15, 0.2) is 0 Å². The van der Waals surface area contributed by atoms with Crippen LogP contribution in [0.25, 0.3) is 0 Å². The highest BCUT2D eigenvalue weighted by molar-refractivity contribution is 8.00. The van der Waals surface area contributed by atoms with Crippen molar-refractivity contribution in [1.29, 1.82) is 0 Å². The Morgan fingerprint density at radius 3 is 2.37 bits per heavy atom. The van der Waals surface area contributed by atoms with Gasteiger partial charge in [0, 0.05) is 29.4 Å². The smallest absolute Gasteiger partial charge is 0.338 e. The summed E-state index contributed by atoms with van der Waals surface area (Å²) in [6.45, 7) is 3.16. The van der Waals surface area contributed by atoms with Gasteiger partial charge in [0.2, 0.25) is 17.7 Å². The molecule has 2 aromatic carbocycles. The first-order chi connectivity index (χ1) is 20.8. The lowest BCUT2D eigenvalue weighted by molar-refractivity contribution is -0.133. The summed E-state index contributed by atoms with van der Waals surface area (Å²) in [7, 11) is 1.54. The van der Waals surface area contributed by atoms with Gasteiger partial charge in [0.25, 0.3) is 0 Å². The van der Waals surface area contributed by atoms with Crippen LogP contribution in [-0.2, 0) is 25.7 Å². The molecule has 0 N–H and O–H groups in total. The van der Waals surface area contributed by atoms with Crippen LogP contribution < -0.4 is 14.5 Å². The number of para-hydroxylation sites is 1. The highest BCUT2D eigenvalue weighted by atomic mass is 32.2. The molecule has 0 saturated carbocycles. The minimum absolute atomic E-state index is 0.116. The summed E-state index contributed by atoms with van der Waals surface area (Å²) in [6, 6.07) is 13.5. The molecule has 10 nitrogen and oxygen atoms in total. The minimum atomic E-state index is -0.829. The molecule has 2 fully saturated rings. The van der Waals surface area contributed by atoms with Gasteiger partial charge >= 0.3 is 10.8 Å². The Balaban J connectivity index is 1.41. The molecule has 224 valence electrons. The fourth-order valence-electron chi connectivity index (χ4n) is 6.11. The van der Waals surface area contributed by atoms with E-state index in [1.54, 1.807) is 37.1 Å². The van der Waals surface area contributed by atoms with Gasteiger partial charge in [-0.3, -0.25) is 23.7 Å². The average molecular weight is 622 g/mol. The second-order valence-corrected chi connectivity index (χ2v) is 12.8. The fourth-order valence-corrected chi connectivity index (χ4v) is 8.87. The number of amides is 3. The minimum Gasteiger partial charge on any atom is -0.496 e. The van der Waals surface area contributed by atoms with E-state index in [0.717, 1.165) is 35.5 Å². The van der Waals surface area contributed by atoms with E-state index in [1.165, 1.54) is 28.5 Å². The predicted octanol–water partition coefficient (Wildman–Crippen LogP) is 3.90. The molecule has 1 aromatic heterocycles. The molecule has 0 spiro atoms. The summed E-state index contributed by atoms with van der Waals surface area (Å²) in [6.07, 6.45) is 2.95. The molecule has 4 heterocycles. The number of piperidine rings is 1. The van der Waals surface area contributed by atoms with E-state index in [-0.39, 0.29) is 23.9 Å². The molecule has 3 amide bonds. The zero-order valence-corrected chi connectivity index (χ0v) is 25.4. The van der Waals surface area contributed by atoms with Crippen LogP contribution in [0.5, 0.6) is 5.75 Å². The topological polar surface area (TPSA) is 115 Å². The number of methoxy groups -OCH3 is 1. The summed E-state index contributed by atoms with van der Waals surface area (Å²) in [5.74, 6) is -2.34. The first kappa shape index (κ1) is 29.2. The SMILES string of the molecule is CCOC(=O)c1ccc(N2C(=O)C3Sc4c(sc(=O)n4CC(=O)N4CCCCC4)C(c4ccccc4OC)C3C2=O)cc1. The number of fused-ring (bicyclic) bond motifs is 2. The summed E-state index contributed by atoms with van der Waals surface area (Å²) in [4.78, 5) is 70.3. The zero-order chi connectivity index (χ0) is 30.2. The number of thioether (sulfide) groups is 1. The van der Waals surface area contributed by atoms with Crippen molar-refractivity contribution < 1.29 is 28.7 Å². The van der Waals surface area contributed by atoms with E-state index < -0.39 is 34.9 Å². The van der Waals surface area contributed by atoms with E-state index in [0.29, 0.717) is 45.6 Å². The van der Waals surface area contributed by atoms with Crippen molar-refractivity contribution in [2.45, 2.75) is 48.9 Å². The first-order valence-electron chi connectivity index (χ1n) is 14.3. The largest absolute Gasteiger partial charge is 0.496 e. The van der Waals surface area contributed by atoms with Crippen LogP contribution in [-0.4, -0.2) is 65.2 Å². The number of likely N-dealkylation sites (tertiary alicyclic amines) is 1. The van der Waals surface area contributed by atoms with Gasteiger partial charge in [-0.15, -0.1) is 0 Å². The average Bonchev–Trinajstić information content (AvgIpc) is 3.47. The number of hydrogen-bond donors (Lipinski definition) is 0. The molecule has 3 atom stereocenters. The zero-order valence-electron chi connectivity index (χ0n) is 23.8. The van der Waals surface area contributed by atoms with Gasteiger partial charge in [-0.25, -0.2) is 9.69 Å². The Labute approximate surface area is 256 Å². The molecule has 6 rings (SSSR count).